The molecule has 2 saturated heterocycles. The van der Waals surface area contributed by atoms with E-state index in [2.05, 4.69) is 16.7 Å². The summed E-state index contributed by atoms with van der Waals surface area (Å²) in [6.45, 7) is 9.66. The second-order valence-corrected chi connectivity index (χ2v) is 7.47. The third kappa shape index (κ3) is 5.25. The lowest BCUT2D eigenvalue weighted by molar-refractivity contribution is -0.131. The van der Waals surface area contributed by atoms with Crippen LogP contribution >= 0.6 is 0 Å². The number of halogens is 1. The van der Waals surface area contributed by atoms with Gasteiger partial charge in [-0.3, -0.25) is 9.69 Å². The molecule has 1 amide bonds. The number of likely N-dealkylation sites (tertiary alicyclic amines) is 1. The number of carbonyl (C=O) groups is 1. The maximum atomic E-state index is 13.1. The fourth-order valence-electron chi connectivity index (χ4n) is 3.91. The fraction of sp³-hybridized carbons (Fsp3) is 0.650. The molecule has 0 radical (unpaired) electrons. The molecule has 2 heterocycles. The van der Waals surface area contributed by atoms with Gasteiger partial charge in [-0.2, -0.15) is 0 Å². The van der Waals surface area contributed by atoms with E-state index in [4.69, 9.17) is 0 Å². The summed E-state index contributed by atoms with van der Waals surface area (Å²) in [5.74, 6) is 0.507. The Balaban J connectivity index is 1.46. The monoisotopic (exact) mass is 347 g/mol. The highest BCUT2D eigenvalue weighted by Crippen LogP contribution is 2.18. The van der Waals surface area contributed by atoms with Gasteiger partial charge in [-0.1, -0.05) is 19.1 Å². The zero-order chi connectivity index (χ0) is 17.6. The molecule has 2 aliphatic heterocycles. The summed E-state index contributed by atoms with van der Waals surface area (Å²) in [6, 6.07) is 6.86. The normalized spacial score (nSPS) is 21.3. The molecule has 1 unspecified atom stereocenters. The van der Waals surface area contributed by atoms with Crippen molar-refractivity contribution in [2.24, 2.45) is 0 Å². The zero-order valence-corrected chi connectivity index (χ0v) is 15.3. The SMILES string of the molecule is CC(CN1CCCN(CC(=O)N2CCCC2)CC1)c1ccc(F)cc1. The summed E-state index contributed by atoms with van der Waals surface area (Å²) >= 11 is 0. The highest BCUT2D eigenvalue weighted by molar-refractivity contribution is 5.78. The molecule has 2 aliphatic rings. The summed E-state index contributed by atoms with van der Waals surface area (Å²) in [7, 11) is 0. The van der Waals surface area contributed by atoms with Gasteiger partial charge in [0.05, 0.1) is 6.54 Å². The molecule has 138 valence electrons. The average Bonchev–Trinajstić information content (AvgIpc) is 3.06. The number of hydrogen-bond donors (Lipinski definition) is 0. The fourth-order valence-corrected chi connectivity index (χ4v) is 3.91. The first kappa shape index (κ1) is 18.3. The molecule has 0 bridgehead atoms. The van der Waals surface area contributed by atoms with Gasteiger partial charge in [-0.25, -0.2) is 4.39 Å². The maximum absolute atomic E-state index is 13.1. The Labute approximate surface area is 150 Å². The molecule has 0 aromatic heterocycles. The van der Waals surface area contributed by atoms with Crippen LogP contribution in [0.15, 0.2) is 24.3 Å². The first-order chi connectivity index (χ1) is 12.1. The Hall–Kier alpha value is -1.46. The molecule has 0 aliphatic carbocycles. The van der Waals surface area contributed by atoms with Crippen molar-refractivity contribution < 1.29 is 9.18 Å². The predicted molar refractivity (Wildman–Crippen MR) is 98.1 cm³/mol. The lowest BCUT2D eigenvalue weighted by Gasteiger charge is -2.25. The van der Waals surface area contributed by atoms with Gasteiger partial charge in [-0.05, 0) is 56.0 Å². The Morgan fingerprint density at radius 3 is 2.32 bits per heavy atom. The Morgan fingerprint density at radius 1 is 0.960 bits per heavy atom. The van der Waals surface area contributed by atoms with Crippen LogP contribution in [0.25, 0.3) is 0 Å². The van der Waals surface area contributed by atoms with E-state index in [1.54, 1.807) is 12.1 Å². The molecule has 1 atom stereocenters. The summed E-state index contributed by atoms with van der Waals surface area (Å²) in [5.41, 5.74) is 1.19. The molecule has 0 spiro atoms. The van der Waals surface area contributed by atoms with Crippen molar-refractivity contribution in [1.29, 1.82) is 0 Å². The summed E-state index contributed by atoms with van der Waals surface area (Å²) < 4.78 is 13.1. The third-order valence-corrected chi connectivity index (χ3v) is 5.47. The molecule has 0 saturated carbocycles. The quantitative estimate of drug-likeness (QED) is 0.819. The maximum Gasteiger partial charge on any atom is 0.236 e. The number of nitrogens with zero attached hydrogens (tertiary/aromatic N) is 3. The van der Waals surface area contributed by atoms with E-state index in [0.717, 1.165) is 65.1 Å². The van der Waals surface area contributed by atoms with Crippen LogP contribution in [0.2, 0.25) is 0 Å². The molecule has 25 heavy (non-hydrogen) atoms. The van der Waals surface area contributed by atoms with E-state index in [9.17, 15) is 9.18 Å². The van der Waals surface area contributed by atoms with E-state index in [-0.39, 0.29) is 5.82 Å². The second-order valence-electron chi connectivity index (χ2n) is 7.47. The molecule has 2 fully saturated rings. The molecular formula is C20H30FN3O. The lowest BCUT2D eigenvalue weighted by Crippen LogP contribution is -2.40. The van der Waals surface area contributed by atoms with E-state index in [1.165, 1.54) is 5.56 Å². The van der Waals surface area contributed by atoms with E-state index >= 15 is 0 Å². The average molecular weight is 347 g/mol. The van der Waals surface area contributed by atoms with Crippen LogP contribution in [-0.4, -0.2) is 73.0 Å². The predicted octanol–water partition coefficient (Wildman–Crippen LogP) is 2.56. The lowest BCUT2D eigenvalue weighted by atomic mass is 10.0. The van der Waals surface area contributed by atoms with E-state index < -0.39 is 0 Å². The molecule has 4 nitrogen and oxygen atoms in total. The standard InChI is InChI=1S/C20H30FN3O/c1-17(18-5-7-19(21)8-6-18)15-22-9-4-10-23(14-13-22)16-20(25)24-11-2-3-12-24/h5-8,17H,2-4,9-16H2,1H3. The van der Waals surface area contributed by atoms with Gasteiger partial charge in [-0.15, -0.1) is 0 Å². The summed E-state index contributed by atoms with van der Waals surface area (Å²) in [6.07, 6.45) is 3.41. The summed E-state index contributed by atoms with van der Waals surface area (Å²) in [4.78, 5) is 19.1. The minimum absolute atomic E-state index is 0.177. The van der Waals surface area contributed by atoms with Crippen molar-refractivity contribution in [3.63, 3.8) is 0 Å². The first-order valence-corrected chi connectivity index (χ1v) is 9.60. The van der Waals surface area contributed by atoms with Gasteiger partial charge in [0.2, 0.25) is 5.91 Å². The van der Waals surface area contributed by atoms with Crippen molar-refractivity contribution in [3.8, 4) is 0 Å². The van der Waals surface area contributed by atoms with Gasteiger partial charge >= 0.3 is 0 Å². The van der Waals surface area contributed by atoms with Crippen LogP contribution in [0.5, 0.6) is 0 Å². The highest BCUT2D eigenvalue weighted by atomic mass is 19.1. The topological polar surface area (TPSA) is 26.8 Å². The van der Waals surface area contributed by atoms with Crippen molar-refractivity contribution in [2.45, 2.75) is 32.1 Å². The smallest absolute Gasteiger partial charge is 0.236 e. The van der Waals surface area contributed by atoms with Gasteiger partial charge < -0.3 is 9.80 Å². The van der Waals surface area contributed by atoms with Gasteiger partial charge in [0.1, 0.15) is 5.82 Å². The van der Waals surface area contributed by atoms with Crippen LogP contribution in [0.1, 0.15) is 37.7 Å². The molecule has 0 N–H and O–H groups in total. The molecule has 1 aromatic carbocycles. The van der Waals surface area contributed by atoms with Gasteiger partial charge in [0.25, 0.3) is 0 Å². The van der Waals surface area contributed by atoms with Gasteiger partial charge in [0, 0.05) is 32.7 Å². The zero-order valence-electron chi connectivity index (χ0n) is 15.3. The highest BCUT2D eigenvalue weighted by Gasteiger charge is 2.23. The second kappa shape index (κ2) is 8.77. The Bertz CT molecular complexity index is 557. The van der Waals surface area contributed by atoms with E-state index in [0.29, 0.717) is 18.4 Å². The molecular weight excluding hydrogens is 317 g/mol. The molecule has 5 heteroatoms. The molecule has 3 rings (SSSR count). The van der Waals surface area contributed by atoms with Crippen LogP contribution < -0.4 is 0 Å². The van der Waals surface area contributed by atoms with Crippen LogP contribution in [-0.2, 0) is 4.79 Å². The van der Waals surface area contributed by atoms with Crippen LogP contribution in [0.4, 0.5) is 4.39 Å². The number of rotatable bonds is 5. The van der Waals surface area contributed by atoms with Crippen molar-refractivity contribution in [1.82, 2.24) is 14.7 Å². The van der Waals surface area contributed by atoms with Gasteiger partial charge in [0.15, 0.2) is 0 Å². The van der Waals surface area contributed by atoms with Crippen molar-refractivity contribution >= 4 is 5.91 Å². The third-order valence-electron chi connectivity index (χ3n) is 5.47. The Morgan fingerprint density at radius 2 is 1.60 bits per heavy atom. The minimum atomic E-state index is -0.177. The first-order valence-electron chi connectivity index (χ1n) is 9.60. The minimum Gasteiger partial charge on any atom is -0.342 e. The number of hydrogen-bond acceptors (Lipinski definition) is 3. The van der Waals surface area contributed by atoms with Crippen LogP contribution in [0, 0.1) is 5.82 Å². The van der Waals surface area contributed by atoms with Crippen molar-refractivity contribution in [3.05, 3.63) is 35.6 Å². The van der Waals surface area contributed by atoms with Crippen molar-refractivity contribution in [2.75, 3.05) is 52.4 Å². The Kier molecular flexibility index (Phi) is 6.43. The number of carbonyl (C=O) groups excluding carboxylic acids is 1. The summed E-state index contributed by atoms with van der Waals surface area (Å²) in [5, 5.41) is 0. The van der Waals surface area contributed by atoms with Crippen LogP contribution in [0.3, 0.4) is 0 Å². The number of amides is 1. The van der Waals surface area contributed by atoms with E-state index in [1.807, 2.05) is 17.0 Å². The largest absolute Gasteiger partial charge is 0.342 e. The molecule has 1 aromatic rings. The number of benzene rings is 1.